The molecule has 0 saturated heterocycles. The van der Waals surface area contributed by atoms with E-state index >= 15 is 0 Å². The molecule has 0 fully saturated rings. The Morgan fingerprint density at radius 2 is 1.93 bits per heavy atom. The Morgan fingerprint density at radius 3 is 2.53 bits per heavy atom. The number of benzene rings is 1. The lowest BCUT2D eigenvalue weighted by Gasteiger charge is -1.97. The fourth-order valence-corrected chi connectivity index (χ4v) is 1.51. The van der Waals surface area contributed by atoms with Crippen molar-refractivity contribution in [1.82, 2.24) is 0 Å². The van der Waals surface area contributed by atoms with Crippen molar-refractivity contribution < 1.29 is 5.11 Å². The predicted molar refractivity (Wildman–Crippen MR) is 66.5 cm³/mol. The highest BCUT2D eigenvalue weighted by Gasteiger charge is 1.96. The van der Waals surface area contributed by atoms with E-state index in [2.05, 4.69) is 0 Å². The Hall–Kier alpha value is -0.470. The average Bonchev–Trinajstić information content (AvgIpc) is 2.14. The van der Waals surface area contributed by atoms with Crippen molar-refractivity contribution in [3.8, 4) is 0 Å². The molecule has 0 spiro atoms. The smallest absolute Gasteiger partial charge is 0.146 e. The van der Waals surface area contributed by atoms with Crippen LogP contribution in [-0.2, 0) is 0 Å². The normalized spacial score (nSPS) is 13.9. The van der Waals surface area contributed by atoms with E-state index in [0.29, 0.717) is 10.0 Å². The molecule has 1 N–H and O–H groups in total. The minimum Gasteiger partial charge on any atom is -0.374 e. The summed E-state index contributed by atoms with van der Waals surface area (Å²) in [4.78, 5) is 0. The summed E-state index contributed by atoms with van der Waals surface area (Å²) in [5.41, 5.74) is -0.106. The number of hydrogen-bond acceptors (Lipinski definition) is 1. The monoisotopic (exact) mass is 262 g/mol. The fourth-order valence-electron chi connectivity index (χ4n) is 0.952. The topological polar surface area (TPSA) is 20.2 Å². The van der Waals surface area contributed by atoms with Crippen molar-refractivity contribution in [1.29, 1.82) is 0 Å². The number of hydrogen-bond donors (Lipinski definition) is 1. The number of aliphatic hydroxyl groups is 1. The van der Waals surface area contributed by atoms with E-state index in [-0.39, 0.29) is 0 Å². The lowest BCUT2D eigenvalue weighted by Crippen LogP contribution is -1.85. The van der Waals surface area contributed by atoms with Gasteiger partial charge in [-0.05, 0) is 23.8 Å². The van der Waals surface area contributed by atoms with Gasteiger partial charge < -0.3 is 5.11 Å². The summed E-state index contributed by atoms with van der Waals surface area (Å²) in [5, 5.41) is 9.92. The van der Waals surface area contributed by atoms with Gasteiger partial charge in [0.15, 0.2) is 0 Å². The van der Waals surface area contributed by atoms with Crippen LogP contribution in [0.4, 0.5) is 0 Å². The van der Waals surface area contributed by atoms with Crippen LogP contribution in [0, 0.1) is 0 Å². The van der Waals surface area contributed by atoms with E-state index in [4.69, 9.17) is 39.9 Å². The van der Waals surface area contributed by atoms with Gasteiger partial charge in [-0.15, -0.1) is 0 Å². The van der Waals surface area contributed by atoms with E-state index in [1.807, 2.05) is 6.07 Å². The van der Waals surface area contributed by atoms with Gasteiger partial charge in [-0.25, -0.2) is 0 Å². The number of alkyl halides is 1. The summed E-state index contributed by atoms with van der Waals surface area (Å²) in [6.07, 6.45) is 6.62. The number of aliphatic hydroxyl groups excluding tert-OH is 1. The maximum Gasteiger partial charge on any atom is 0.146 e. The summed E-state index contributed by atoms with van der Waals surface area (Å²) in [6.45, 7) is 0. The van der Waals surface area contributed by atoms with Crippen LogP contribution in [0.25, 0.3) is 6.08 Å². The van der Waals surface area contributed by atoms with E-state index in [1.165, 1.54) is 6.08 Å². The first-order chi connectivity index (χ1) is 7.09. The molecule has 15 heavy (non-hydrogen) atoms. The first-order valence-electron chi connectivity index (χ1n) is 4.21. The van der Waals surface area contributed by atoms with Gasteiger partial charge in [0.05, 0.1) is 0 Å². The second kappa shape index (κ2) is 6.19. The minimum atomic E-state index is -0.963. The predicted octanol–water partition coefficient (Wildman–Crippen LogP) is 4.12. The molecule has 0 aliphatic heterocycles. The first-order valence-corrected chi connectivity index (χ1v) is 5.41. The molecule has 0 aliphatic rings. The highest BCUT2D eigenvalue weighted by Crippen LogP contribution is 2.21. The standard InChI is InChI=1S/C11H9Cl3O/c12-9-6-5-8(10(13)7-9)3-1-2-4-11(14)15/h1-7,11,15H/b3-1+,4-2+. The molecule has 4 heteroatoms. The van der Waals surface area contributed by atoms with Gasteiger partial charge in [-0.3, -0.25) is 0 Å². The largest absolute Gasteiger partial charge is 0.374 e. The van der Waals surface area contributed by atoms with Gasteiger partial charge in [0.1, 0.15) is 5.56 Å². The third-order valence-corrected chi connectivity index (χ3v) is 2.33. The molecule has 0 saturated carbocycles. The highest BCUT2D eigenvalue weighted by molar-refractivity contribution is 6.35. The van der Waals surface area contributed by atoms with E-state index in [9.17, 15) is 0 Å². The maximum atomic E-state index is 8.74. The van der Waals surface area contributed by atoms with Crippen molar-refractivity contribution in [3.63, 3.8) is 0 Å². The molecule has 1 aromatic carbocycles. The Bertz CT molecular complexity index is 383. The van der Waals surface area contributed by atoms with Gasteiger partial charge in [0.2, 0.25) is 0 Å². The van der Waals surface area contributed by atoms with Crippen LogP contribution < -0.4 is 0 Å². The van der Waals surface area contributed by atoms with Crippen LogP contribution in [0.5, 0.6) is 0 Å². The Labute approximate surface area is 104 Å². The summed E-state index contributed by atoms with van der Waals surface area (Å²) in [7, 11) is 0. The van der Waals surface area contributed by atoms with Crippen molar-refractivity contribution in [2.24, 2.45) is 0 Å². The van der Waals surface area contributed by atoms with Gasteiger partial charge in [0.25, 0.3) is 0 Å². The maximum absolute atomic E-state index is 8.74. The van der Waals surface area contributed by atoms with E-state index in [1.54, 1.807) is 30.4 Å². The number of allylic oxidation sites excluding steroid dienone is 2. The molecular formula is C11H9Cl3O. The van der Waals surface area contributed by atoms with Crippen LogP contribution >= 0.6 is 34.8 Å². The van der Waals surface area contributed by atoms with Crippen molar-refractivity contribution in [3.05, 3.63) is 52.0 Å². The van der Waals surface area contributed by atoms with E-state index < -0.39 is 5.56 Å². The highest BCUT2D eigenvalue weighted by atomic mass is 35.5. The van der Waals surface area contributed by atoms with Gasteiger partial charge in [-0.1, -0.05) is 59.1 Å². The van der Waals surface area contributed by atoms with Crippen molar-refractivity contribution >= 4 is 40.9 Å². The molecule has 1 unspecified atom stereocenters. The second-order valence-corrected chi connectivity index (χ2v) is 4.07. The van der Waals surface area contributed by atoms with Gasteiger partial charge in [0, 0.05) is 10.0 Å². The molecule has 0 aromatic heterocycles. The van der Waals surface area contributed by atoms with Gasteiger partial charge >= 0.3 is 0 Å². The Morgan fingerprint density at radius 1 is 1.20 bits per heavy atom. The number of rotatable bonds is 3. The van der Waals surface area contributed by atoms with Crippen LogP contribution in [0.3, 0.4) is 0 Å². The molecule has 1 rings (SSSR count). The van der Waals surface area contributed by atoms with Crippen LogP contribution in [-0.4, -0.2) is 10.7 Å². The molecule has 0 aliphatic carbocycles. The average molecular weight is 264 g/mol. The zero-order valence-corrected chi connectivity index (χ0v) is 9.97. The lowest BCUT2D eigenvalue weighted by molar-refractivity contribution is 0.303. The molecular weight excluding hydrogens is 254 g/mol. The molecule has 0 amide bonds. The fraction of sp³-hybridized carbons (Fsp3) is 0.0909. The summed E-state index contributed by atoms with van der Waals surface area (Å²) in [5.74, 6) is 0. The summed E-state index contributed by atoms with van der Waals surface area (Å²) in [6, 6.07) is 5.24. The third kappa shape index (κ3) is 4.72. The van der Waals surface area contributed by atoms with Crippen LogP contribution in [0.15, 0.2) is 36.4 Å². The molecule has 0 heterocycles. The third-order valence-electron chi connectivity index (χ3n) is 1.62. The lowest BCUT2D eigenvalue weighted by atomic mass is 10.2. The zero-order chi connectivity index (χ0) is 11.3. The zero-order valence-electron chi connectivity index (χ0n) is 7.70. The Kier molecular flexibility index (Phi) is 5.20. The first kappa shape index (κ1) is 12.6. The molecule has 1 atom stereocenters. The van der Waals surface area contributed by atoms with Crippen LogP contribution in [0.2, 0.25) is 10.0 Å². The van der Waals surface area contributed by atoms with Crippen molar-refractivity contribution in [2.75, 3.05) is 0 Å². The molecule has 1 nitrogen and oxygen atoms in total. The van der Waals surface area contributed by atoms with E-state index in [0.717, 1.165) is 5.56 Å². The number of halogens is 3. The molecule has 1 aromatic rings. The quantitative estimate of drug-likeness (QED) is 0.642. The SMILES string of the molecule is OC(Cl)/C=C/C=C/c1ccc(Cl)cc1Cl. The summed E-state index contributed by atoms with van der Waals surface area (Å²) < 4.78 is 0. The molecule has 0 radical (unpaired) electrons. The van der Waals surface area contributed by atoms with Gasteiger partial charge in [-0.2, -0.15) is 0 Å². The summed E-state index contributed by atoms with van der Waals surface area (Å²) >= 11 is 17.0. The molecule has 80 valence electrons. The van der Waals surface area contributed by atoms with Crippen LogP contribution in [0.1, 0.15) is 5.56 Å². The second-order valence-electron chi connectivity index (χ2n) is 2.78. The van der Waals surface area contributed by atoms with Crippen molar-refractivity contribution in [2.45, 2.75) is 5.56 Å². The minimum absolute atomic E-state index is 0.582. The Balaban J connectivity index is 2.72. The molecule has 0 bridgehead atoms.